The summed E-state index contributed by atoms with van der Waals surface area (Å²) in [6.45, 7) is 1.62. The largest absolute Gasteiger partial charge is 0.393 e. The van der Waals surface area contributed by atoms with Gasteiger partial charge in [0.1, 0.15) is 18.9 Å². The Labute approximate surface area is 143 Å². The molecule has 1 aliphatic heterocycles. The summed E-state index contributed by atoms with van der Waals surface area (Å²) in [5.74, 6) is 0. The van der Waals surface area contributed by atoms with Gasteiger partial charge in [-0.05, 0) is 12.5 Å². The molecule has 0 bridgehead atoms. The number of hydrogen-bond donors (Lipinski definition) is 2. The van der Waals surface area contributed by atoms with Gasteiger partial charge in [-0.15, -0.1) is 0 Å². The van der Waals surface area contributed by atoms with Crippen LogP contribution >= 0.6 is 0 Å². The fraction of sp³-hybridized carbons (Fsp3) is 0.353. The van der Waals surface area contributed by atoms with Crippen molar-refractivity contribution >= 4 is 5.71 Å². The highest BCUT2D eigenvalue weighted by Gasteiger charge is 2.33. The van der Waals surface area contributed by atoms with Gasteiger partial charge in [-0.1, -0.05) is 35.5 Å². The number of aryl methyl sites for hydroxylation is 1. The van der Waals surface area contributed by atoms with E-state index in [-0.39, 0.29) is 13.0 Å². The van der Waals surface area contributed by atoms with Gasteiger partial charge < -0.3 is 14.7 Å². The fourth-order valence-electron chi connectivity index (χ4n) is 2.60. The van der Waals surface area contributed by atoms with Crippen LogP contribution in [0.2, 0.25) is 0 Å². The van der Waals surface area contributed by atoms with E-state index in [9.17, 15) is 14.7 Å². The first-order chi connectivity index (χ1) is 12.1. The molecule has 0 spiro atoms. The lowest BCUT2D eigenvalue weighted by molar-refractivity contribution is -0.0156. The van der Waals surface area contributed by atoms with Crippen LogP contribution in [-0.2, 0) is 16.2 Å². The number of ether oxygens (including phenoxy) is 1. The van der Waals surface area contributed by atoms with Crippen LogP contribution in [0.25, 0.3) is 0 Å². The van der Waals surface area contributed by atoms with Crippen molar-refractivity contribution in [2.75, 3.05) is 6.61 Å². The molecule has 0 unspecified atom stereocenters. The second-order valence-corrected chi connectivity index (χ2v) is 5.79. The highest BCUT2D eigenvalue weighted by atomic mass is 16.6. The van der Waals surface area contributed by atoms with Crippen molar-refractivity contribution in [1.29, 1.82) is 0 Å². The monoisotopic (exact) mass is 345 g/mol. The highest BCUT2D eigenvalue weighted by molar-refractivity contribution is 5.90. The quantitative estimate of drug-likeness (QED) is 0.776. The molecule has 2 N–H and O–H groups in total. The van der Waals surface area contributed by atoms with Gasteiger partial charge in [0.15, 0.2) is 0 Å². The summed E-state index contributed by atoms with van der Waals surface area (Å²) in [4.78, 5) is 31.0. The summed E-state index contributed by atoms with van der Waals surface area (Å²) >= 11 is 0. The molecular weight excluding hydrogens is 326 g/mol. The third kappa shape index (κ3) is 3.86. The van der Waals surface area contributed by atoms with E-state index < -0.39 is 23.6 Å². The normalized spacial score (nSPS) is 21.6. The molecule has 1 aromatic carbocycles. The molecular formula is C17H19N3O5. The van der Waals surface area contributed by atoms with Gasteiger partial charge in [-0.2, -0.15) is 0 Å². The van der Waals surface area contributed by atoms with Crippen LogP contribution in [0, 0.1) is 6.92 Å². The molecule has 0 amide bonds. The first kappa shape index (κ1) is 17.1. The number of aliphatic hydroxyl groups is 1. The molecule has 25 heavy (non-hydrogen) atoms. The molecule has 0 saturated carbocycles. The Morgan fingerprint density at radius 3 is 2.84 bits per heavy atom. The van der Waals surface area contributed by atoms with Crippen molar-refractivity contribution in [3.05, 3.63) is 68.5 Å². The molecule has 1 fully saturated rings. The minimum Gasteiger partial charge on any atom is -0.393 e. The number of rotatable bonds is 5. The minimum atomic E-state index is -0.653. The lowest BCUT2D eigenvalue weighted by Gasteiger charge is -2.14. The molecule has 0 radical (unpaired) electrons. The molecule has 0 aliphatic carbocycles. The molecule has 8 nitrogen and oxygen atoms in total. The van der Waals surface area contributed by atoms with Gasteiger partial charge in [-0.25, -0.2) is 4.79 Å². The van der Waals surface area contributed by atoms with Crippen LogP contribution in [0.3, 0.4) is 0 Å². The smallest absolute Gasteiger partial charge is 0.330 e. The molecule has 1 saturated heterocycles. The minimum absolute atomic E-state index is 0.277. The van der Waals surface area contributed by atoms with E-state index in [1.54, 1.807) is 6.92 Å². The number of H-pyrrole nitrogens is 1. The standard InChI is InChI=1S/C17H19N3O5/c1-11-8-20(17(23)18-16(11)22)15-7-13(14(9-21)25-15)19-24-10-12-5-3-2-4-6-12/h2-6,8,14-15,21H,7,9-10H2,1H3,(H,18,22,23)/t14-,15-/m1/s1. The highest BCUT2D eigenvalue weighted by Crippen LogP contribution is 2.25. The van der Waals surface area contributed by atoms with Crippen molar-refractivity contribution in [3.63, 3.8) is 0 Å². The number of oxime groups is 1. The average Bonchev–Trinajstić information content (AvgIpc) is 3.02. The summed E-state index contributed by atoms with van der Waals surface area (Å²) < 4.78 is 6.96. The zero-order chi connectivity index (χ0) is 17.8. The van der Waals surface area contributed by atoms with E-state index in [1.165, 1.54) is 10.8 Å². The van der Waals surface area contributed by atoms with Gasteiger partial charge >= 0.3 is 5.69 Å². The Bertz CT molecular complexity index is 872. The van der Waals surface area contributed by atoms with E-state index in [1.807, 2.05) is 30.3 Å². The Kier molecular flexibility index (Phi) is 5.11. The maximum Gasteiger partial charge on any atom is 0.330 e. The van der Waals surface area contributed by atoms with E-state index >= 15 is 0 Å². The van der Waals surface area contributed by atoms with Gasteiger partial charge in [-0.3, -0.25) is 14.3 Å². The Hall–Kier alpha value is -2.71. The topological polar surface area (TPSA) is 106 Å². The van der Waals surface area contributed by atoms with Crippen LogP contribution in [0.15, 0.2) is 51.3 Å². The first-order valence-electron chi connectivity index (χ1n) is 7.89. The van der Waals surface area contributed by atoms with E-state index in [0.29, 0.717) is 17.9 Å². The molecule has 8 heteroatoms. The molecule has 3 rings (SSSR count). The maximum absolute atomic E-state index is 12.0. The SMILES string of the molecule is Cc1cn([C@H]2CC(=NOCc3ccccc3)[C@@H](CO)O2)c(=O)[nH]c1=O. The predicted octanol–water partition coefficient (Wildman–Crippen LogP) is 0.698. The molecule has 2 heterocycles. The third-order valence-electron chi connectivity index (χ3n) is 3.95. The lowest BCUT2D eigenvalue weighted by atomic mass is 10.2. The number of benzene rings is 1. The average molecular weight is 345 g/mol. The van der Waals surface area contributed by atoms with Crippen LogP contribution in [0.1, 0.15) is 23.8 Å². The summed E-state index contributed by atoms with van der Waals surface area (Å²) in [5.41, 5.74) is 0.880. The molecule has 2 atom stereocenters. The third-order valence-corrected chi connectivity index (χ3v) is 3.95. The van der Waals surface area contributed by atoms with E-state index in [2.05, 4.69) is 10.1 Å². The van der Waals surface area contributed by atoms with Crippen LogP contribution in [-0.4, -0.2) is 33.1 Å². The molecule has 1 aromatic heterocycles. The maximum atomic E-state index is 12.0. The Morgan fingerprint density at radius 1 is 1.36 bits per heavy atom. The van der Waals surface area contributed by atoms with Crippen molar-refractivity contribution in [2.24, 2.45) is 5.16 Å². The number of hydrogen-bond acceptors (Lipinski definition) is 6. The van der Waals surface area contributed by atoms with Crippen molar-refractivity contribution in [2.45, 2.75) is 32.3 Å². The second kappa shape index (κ2) is 7.45. The number of nitrogens with zero attached hydrogens (tertiary/aromatic N) is 2. The number of aliphatic hydroxyl groups excluding tert-OH is 1. The van der Waals surface area contributed by atoms with Crippen LogP contribution < -0.4 is 11.2 Å². The lowest BCUT2D eigenvalue weighted by Crippen LogP contribution is -2.33. The molecule has 132 valence electrons. The van der Waals surface area contributed by atoms with Crippen molar-refractivity contribution < 1.29 is 14.7 Å². The number of aromatic amines is 1. The molecule has 2 aromatic rings. The van der Waals surface area contributed by atoms with Gasteiger partial charge in [0.05, 0.1) is 12.3 Å². The summed E-state index contributed by atoms with van der Waals surface area (Å²) in [6, 6.07) is 9.56. The zero-order valence-electron chi connectivity index (χ0n) is 13.7. The van der Waals surface area contributed by atoms with Crippen molar-refractivity contribution in [3.8, 4) is 0 Å². The Morgan fingerprint density at radius 2 is 2.12 bits per heavy atom. The summed E-state index contributed by atoms with van der Waals surface area (Å²) in [7, 11) is 0. The van der Waals surface area contributed by atoms with Gasteiger partial charge in [0, 0.05) is 18.2 Å². The van der Waals surface area contributed by atoms with Crippen molar-refractivity contribution in [1.82, 2.24) is 9.55 Å². The predicted molar refractivity (Wildman–Crippen MR) is 90.3 cm³/mol. The van der Waals surface area contributed by atoms with E-state index in [4.69, 9.17) is 9.57 Å². The van der Waals surface area contributed by atoms with Gasteiger partial charge in [0.2, 0.25) is 0 Å². The number of aromatic nitrogens is 2. The summed E-state index contributed by atoms with van der Waals surface area (Å²) in [5, 5.41) is 13.5. The van der Waals surface area contributed by atoms with E-state index in [0.717, 1.165) is 5.56 Å². The number of nitrogens with one attached hydrogen (secondary N) is 1. The second-order valence-electron chi connectivity index (χ2n) is 5.79. The Balaban J connectivity index is 1.74. The zero-order valence-corrected chi connectivity index (χ0v) is 13.7. The van der Waals surface area contributed by atoms with Crippen LogP contribution in [0.4, 0.5) is 0 Å². The first-order valence-corrected chi connectivity index (χ1v) is 7.89. The summed E-state index contributed by atoms with van der Waals surface area (Å²) in [6.07, 6.45) is 0.415. The van der Waals surface area contributed by atoms with Gasteiger partial charge in [0.25, 0.3) is 5.56 Å². The molecule has 1 aliphatic rings. The fourth-order valence-corrected chi connectivity index (χ4v) is 2.60. The van der Waals surface area contributed by atoms with Crippen LogP contribution in [0.5, 0.6) is 0 Å².